The fourth-order valence-electron chi connectivity index (χ4n) is 1.92. The van der Waals surface area contributed by atoms with Gasteiger partial charge < -0.3 is 10.3 Å². The SMILES string of the molecule is CCc1ccc(Cn2ccc(C(C)N)c2)cc1. The quantitative estimate of drug-likeness (QED) is 0.856. The number of aryl methyl sites for hydroxylation is 1. The predicted molar refractivity (Wildman–Crippen MR) is 72.0 cm³/mol. The molecule has 2 N–H and O–H groups in total. The number of hydrogen-bond acceptors (Lipinski definition) is 1. The van der Waals surface area contributed by atoms with Crippen LogP contribution >= 0.6 is 0 Å². The molecule has 0 aliphatic rings. The molecule has 0 saturated heterocycles. The minimum absolute atomic E-state index is 0.110. The van der Waals surface area contributed by atoms with Crippen LogP contribution in [0.5, 0.6) is 0 Å². The van der Waals surface area contributed by atoms with Crippen LogP contribution in [-0.4, -0.2) is 4.57 Å². The highest BCUT2D eigenvalue weighted by atomic mass is 14.9. The minimum atomic E-state index is 0.110. The predicted octanol–water partition coefficient (Wildman–Crippen LogP) is 3.12. The van der Waals surface area contributed by atoms with Crippen molar-refractivity contribution >= 4 is 0 Å². The Balaban J connectivity index is 2.08. The van der Waals surface area contributed by atoms with Crippen molar-refractivity contribution in [3.8, 4) is 0 Å². The normalized spacial score (nSPS) is 12.6. The Kier molecular flexibility index (Phi) is 3.64. The van der Waals surface area contributed by atoms with Crippen LogP contribution in [0, 0.1) is 0 Å². The van der Waals surface area contributed by atoms with E-state index >= 15 is 0 Å². The first-order valence-electron chi connectivity index (χ1n) is 6.18. The Morgan fingerprint density at radius 2 is 1.76 bits per heavy atom. The van der Waals surface area contributed by atoms with Crippen molar-refractivity contribution < 1.29 is 0 Å². The molecule has 0 saturated carbocycles. The summed E-state index contributed by atoms with van der Waals surface area (Å²) in [5, 5.41) is 0. The van der Waals surface area contributed by atoms with Gasteiger partial charge >= 0.3 is 0 Å². The Morgan fingerprint density at radius 3 is 2.29 bits per heavy atom. The first-order valence-corrected chi connectivity index (χ1v) is 6.18. The minimum Gasteiger partial charge on any atom is -0.350 e. The van der Waals surface area contributed by atoms with Crippen LogP contribution in [0.3, 0.4) is 0 Å². The number of rotatable bonds is 4. The van der Waals surface area contributed by atoms with Crippen molar-refractivity contribution in [2.75, 3.05) is 0 Å². The van der Waals surface area contributed by atoms with Gasteiger partial charge in [0, 0.05) is 25.0 Å². The fraction of sp³-hybridized carbons (Fsp3) is 0.333. The summed E-state index contributed by atoms with van der Waals surface area (Å²) in [4.78, 5) is 0. The van der Waals surface area contributed by atoms with E-state index in [-0.39, 0.29) is 6.04 Å². The smallest absolute Gasteiger partial charge is 0.0470 e. The summed E-state index contributed by atoms with van der Waals surface area (Å²) in [6, 6.07) is 11.0. The van der Waals surface area contributed by atoms with Crippen LogP contribution < -0.4 is 5.73 Å². The summed E-state index contributed by atoms with van der Waals surface area (Å²) in [6.07, 6.45) is 5.31. The fourth-order valence-corrected chi connectivity index (χ4v) is 1.92. The van der Waals surface area contributed by atoms with Crippen molar-refractivity contribution in [3.05, 3.63) is 59.4 Å². The van der Waals surface area contributed by atoms with E-state index < -0.39 is 0 Å². The lowest BCUT2D eigenvalue weighted by Crippen LogP contribution is -2.03. The summed E-state index contributed by atoms with van der Waals surface area (Å²) < 4.78 is 2.18. The van der Waals surface area contributed by atoms with E-state index in [4.69, 9.17) is 5.73 Å². The third kappa shape index (κ3) is 2.98. The first-order chi connectivity index (χ1) is 8.19. The van der Waals surface area contributed by atoms with Crippen LogP contribution in [0.25, 0.3) is 0 Å². The molecular weight excluding hydrogens is 208 g/mol. The molecule has 1 aromatic heterocycles. The van der Waals surface area contributed by atoms with Crippen LogP contribution in [0.4, 0.5) is 0 Å². The van der Waals surface area contributed by atoms with E-state index in [1.807, 2.05) is 6.92 Å². The molecule has 2 heteroatoms. The number of aromatic nitrogens is 1. The van der Waals surface area contributed by atoms with E-state index in [1.165, 1.54) is 16.7 Å². The van der Waals surface area contributed by atoms with E-state index in [0.29, 0.717) is 0 Å². The maximum Gasteiger partial charge on any atom is 0.0470 e. The van der Waals surface area contributed by atoms with Crippen molar-refractivity contribution in [3.63, 3.8) is 0 Å². The van der Waals surface area contributed by atoms with Crippen LogP contribution in [0.15, 0.2) is 42.7 Å². The molecule has 17 heavy (non-hydrogen) atoms. The third-order valence-corrected chi connectivity index (χ3v) is 3.10. The number of hydrogen-bond donors (Lipinski definition) is 1. The molecule has 1 heterocycles. The molecular formula is C15H20N2. The van der Waals surface area contributed by atoms with Gasteiger partial charge in [0.05, 0.1) is 0 Å². The molecule has 1 atom stereocenters. The van der Waals surface area contributed by atoms with Gasteiger partial charge in [-0.25, -0.2) is 0 Å². The molecule has 0 bridgehead atoms. The highest BCUT2D eigenvalue weighted by Crippen LogP contribution is 2.12. The molecule has 90 valence electrons. The number of benzene rings is 1. The van der Waals surface area contributed by atoms with Gasteiger partial charge in [-0.2, -0.15) is 0 Å². The number of nitrogens with two attached hydrogens (primary N) is 1. The zero-order chi connectivity index (χ0) is 12.3. The molecule has 0 radical (unpaired) electrons. The second kappa shape index (κ2) is 5.19. The highest BCUT2D eigenvalue weighted by molar-refractivity contribution is 5.23. The van der Waals surface area contributed by atoms with Gasteiger partial charge in [-0.1, -0.05) is 31.2 Å². The molecule has 0 spiro atoms. The third-order valence-electron chi connectivity index (χ3n) is 3.10. The lowest BCUT2D eigenvalue weighted by atomic mass is 10.1. The van der Waals surface area contributed by atoms with Crippen molar-refractivity contribution in [1.29, 1.82) is 0 Å². The van der Waals surface area contributed by atoms with E-state index in [0.717, 1.165) is 13.0 Å². The first kappa shape index (κ1) is 11.9. The molecule has 2 aromatic rings. The lowest BCUT2D eigenvalue weighted by molar-refractivity contribution is 0.777. The summed E-state index contributed by atoms with van der Waals surface area (Å²) in [6.45, 7) is 5.10. The average molecular weight is 228 g/mol. The summed E-state index contributed by atoms with van der Waals surface area (Å²) in [5.74, 6) is 0. The molecule has 2 rings (SSSR count). The Hall–Kier alpha value is -1.54. The van der Waals surface area contributed by atoms with E-state index in [2.05, 4.69) is 54.2 Å². The monoisotopic (exact) mass is 228 g/mol. The van der Waals surface area contributed by atoms with Crippen molar-refractivity contribution in [1.82, 2.24) is 4.57 Å². The zero-order valence-electron chi connectivity index (χ0n) is 10.6. The summed E-state index contributed by atoms with van der Waals surface area (Å²) in [5.41, 5.74) is 9.75. The van der Waals surface area contributed by atoms with Gasteiger partial charge in [0.25, 0.3) is 0 Å². The molecule has 0 aliphatic heterocycles. The van der Waals surface area contributed by atoms with E-state index in [1.54, 1.807) is 0 Å². The van der Waals surface area contributed by atoms with Crippen molar-refractivity contribution in [2.24, 2.45) is 5.73 Å². The van der Waals surface area contributed by atoms with Crippen LogP contribution in [0.2, 0.25) is 0 Å². The van der Waals surface area contributed by atoms with Gasteiger partial charge in [0.15, 0.2) is 0 Å². The molecule has 1 aromatic carbocycles. The van der Waals surface area contributed by atoms with Gasteiger partial charge in [0.2, 0.25) is 0 Å². The van der Waals surface area contributed by atoms with E-state index in [9.17, 15) is 0 Å². The summed E-state index contributed by atoms with van der Waals surface area (Å²) in [7, 11) is 0. The van der Waals surface area contributed by atoms with Crippen molar-refractivity contribution in [2.45, 2.75) is 32.9 Å². The molecule has 0 aliphatic carbocycles. The summed E-state index contributed by atoms with van der Waals surface area (Å²) >= 11 is 0. The Labute approximate surface area is 103 Å². The second-order valence-corrected chi connectivity index (χ2v) is 4.58. The van der Waals surface area contributed by atoms with Gasteiger partial charge in [-0.3, -0.25) is 0 Å². The zero-order valence-corrected chi connectivity index (χ0v) is 10.6. The molecule has 2 nitrogen and oxygen atoms in total. The molecule has 0 fully saturated rings. The maximum absolute atomic E-state index is 5.84. The topological polar surface area (TPSA) is 30.9 Å². The Bertz CT molecular complexity index is 466. The average Bonchev–Trinajstić information content (AvgIpc) is 2.79. The lowest BCUT2D eigenvalue weighted by Gasteiger charge is -2.05. The highest BCUT2D eigenvalue weighted by Gasteiger charge is 2.02. The van der Waals surface area contributed by atoms with Gasteiger partial charge in [-0.15, -0.1) is 0 Å². The van der Waals surface area contributed by atoms with Crippen LogP contribution in [-0.2, 0) is 13.0 Å². The Morgan fingerprint density at radius 1 is 1.12 bits per heavy atom. The second-order valence-electron chi connectivity index (χ2n) is 4.58. The van der Waals surface area contributed by atoms with Gasteiger partial charge in [-0.05, 0) is 36.1 Å². The van der Waals surface area contributed by atoms with Gasteiger partial charge in [0.1, 0.15) is 0 Å². The maximum atomic E-state index is 5.84. The standard InChI is InChI=1S/C15H20N2/c1-3-13-4-6-14(7-5-13)10-17-9-8-15(11-17)12(2)16/h4-9,11-12H,3,10,16H2,1-2H3. The van der Waals surface area contributed by atoms with Crippen LogP contribution in [0.1, 0.15) is 36.6 Å². The molecule has 1 unspecified atom stereocenters. The molecule has 0 amide bonds. The number of nitrogens with zero attached hydrogens (tertiary/aromatic N) is 1. The largest absolute Gasteiger partial charge is 0.350 e.